The Balaban J connectivity index is 1.63. The summed E-state index contributed by atoms with van der Waals surface area (Å²) < 4.78 is 1.06. The number of carbonyl (C=O) groups is 1. The van der Waals surface area contributed by atoms with Gasteiger partial charge in [0.15, 0.2) is 0 Å². The topological polar surface area (TPSA) is 45.6 Å². The van der Waals surface area contributed by atoms with Gasteiger partial charge in [0.25, 0.3) is 5.91 Å². The van der Waals surface area contributed by atoms with Crippen molar-refractivity contribution < 1.29 is 4.79 Å². The van der Waals surface area contributed by atoms with E-state index in [0.717, 1.165) is 21.5 Å². The van der Waals surface area contributed by atoms with Gasteiger partial charge in [0.05, 0.1) is 16.1 Å². The summed E-state index contributed by atoms with van der Waals surface area (Å²) in [4.78, 5) is 17.3. The zero-order chi connectivity index (χ0) is 15.8. The third-order valence-corrected chi connectivity index (χ3v) is 5.03. The van der Waals surface area contributed by atoms with Crippen molar-refractivity contribution in [2.24, 2.45) is 11.0 Å². The Labute approximate surface area is 138 Å². The maximum absolute atomic E-state index is 12.8. The molecule has 0 unspecified atom stereocenters. The summed E-state index contributed by atoms with van der Waals surface area (Å²) in [6.45, 7) is 1.92. The number of hydrogen-bond donors (Lipinski definition) is 0. The van der Waals surface area contributed by atoms with Gasteiger partial charge in [0, 0.05) is 5.71 Å². The van der Waals surface area contributed by atoms with Crippen LogP contribution in [0.2, 0.25) is 0 Å². The molecule has 2 heterocycles. The minimum Gasteiger partial charge on any atom is -0.272 e. The van der Waals surface area contributed by atoms with Crippen LogP contribution >= 0.6 is 11.3 Å². The first-order valence-electron chi connectivity index (χ1n) is 7.51. The monoisotopic (exact) mass is 321 g/mol. The molecule has 0 saturated heterocycles. The van der Waals surface area contributed by atoms with Crippen LogP contribution in [0.4, 0.5) is 5.13 Å². The van der Waals surface area contributed by atoms with Crippen molar-refractivity contribution in [3.05, 3.63) is 60.2 Å². The van der Waals surface area contributed by atoms with Crippen molar-refractivity contribution in [1.29, 1.82) is 0 Å². The molecule has 0 saturated carbocycles. The van der Waals surface area contributed by atoms with Crippen LogP contribution in [0.25, 0.3) is 10.2 Å². The van der Waals surface area contributed by atoms with E-state index in [4.69, 9.17) is 0 Å². The van der Waals surface area contributed by atoms with Crippen molar-refractivity contribution >= 4 is 38.3 Å². The van der Waals surface area contributed by atoms with E-state index in [1.54, 1.807) is 0 Å². The zero-order valence-corrected chi connectivity index (χ0v) is 13.5. The van der Waals surface area contributed by atoms with Gasteiger partial charge in [0.1, 0.15) is 0 Å². The van der Waals surface area contributed by atoms with Gasteiger partial charge in [-0.1, -0.05) is 53.8 Å². The van der Waals surface area contributed by atoms with Gasteiger partial charge in [-0.05, 0) is 31.0 Å². The van der Waals surface area contributed by atoms with E-state index >= 15 is 0 Å². The van der Waals surface area contributed by atoms with E-state index in [1.165, 1.54) is 16.3 Å². The van der Waals surface area contributed by atoms with Crippen LogP contribution in [0.5, 0.6) is 0 Å². The molecule has 114 valence electrons. The van der Waals surface area contributed by atoms with Crippen molar-refractivity contribution in [2.75, 3.05) is 5.01 Å². The van der Waals surface area contributed by atoms with Crippen molar-refractivity contribution in [1.82, 2.24) is 4.98 Å². The number of anilines is 1. The van der Waals surface area contributed by atoms with E-state index in [1.807, 2.05) is 61.5 Å². The predicted molar refractivity (Wildman–Crippen MR) is 93.9 cm³/mol. The Kier molecular flexibility index (Phi) is 3.42. The van der Waals surface area contributed by atoms with Gasteiger partial charge in [-0.3, -0.25) is 4.79 Å². The van der Waals surface area contributed by atoms with E-state index in [-0.39, 0.29) is 11.8 Å². The number of hydrazone groups is 1. The molecule has 4 nitrogen and oxygen atoms in total. The van der Waals surface area contributed by atoms with Crippen molar-refractivity contribution in [2.45, 2.75) is 13.3 Å². The Morgan fingerprint density at radius 3 is 2.61 bits per heavy atom. The lowest BCUT2D eigenvalue weighted by Gasteiger charge is -2.11. The van der Waals surface area contributed by atoms with Gasteiger partial charge < -0.3 is 0 Å². The van der Waals surface area contributed by atoms with Crippen LogP contribution in [-0.4, -0.2) is 16.6 Å². The zero-order valence-electron chi connectivity index (χ0n) is 12.6. The first kappa shape index (κ1) is 14.1. The minimum absolute atomic E-state index is 0.00501. The molecule has 23 heavy (non-hydrogen) atoms. The highest BCUT2D eigenvalue weighted by molar-refractivity contribution is 7.22. The first-order valence-corrected chi connectivity index (χ1v) is 8.32. The largest absolute Gasteiger partial charge is 0.272 e. The quantitative estimate of drug-likeness (QED) is 0.735. The smallest absolute Gasteiger partial charge is 0.258 e. The Hall–Kier alpha value is -2.53. The molecular formula is C18H15N3OS. The number of rotatable bonds is 3. The van der Waals surface area contributed by atoms with Crippen LogP contribution in [0.3, 0.4) is 0 Å². The fourth-order valence-electron chi connectivity index (χ4n) is 2.78. The average Bonchev–Trinajstić information content (AvgIpc) is 3.12. The molecule has 1 aromatic heterocycles. The molecule has 1 aliphatic rings. The van der Waals surface area contributed by atoms with Crippen LogP contribution < -0.4 is 5.01 Å². The second-order valence-electron chi connectivity index (χ2n) is 5.60. The van der Waals surface area contributed by atoms with Crippen molar-refractivity contribution in [3.63, 3.8) is 0 Å². The van der Waals surface area contributed by atoms with Gasteiger partial charge in [-0.2, -0.15) is 10.1 Å². The van der Waals surface area contributed by atoms with Gasteiger partial charge >= 0.3 is 0 Å². The molecule has 0 N–H and O–H groups in total. The molecule has 0 aliphatic carbocycles. The minimum atomic E-state index is -0.204. The van der Waals surface area contributed by atoms with E-state index < -0.39 is 0 Å². The number of hydrogen-bond acceptors (Lipinski definition) is 4. The number of aromatic nitrogens is 1. The number of thiazole rings is 1. The summed E-state index contributed by atoms with van der Waals surface area (Å²) in [5.74, 6) is -0.199. The normalized spacial score (nSPS) is 17.8. The Morgan fingerprint density at radius 2 is 1.83 bits per heavy atom. The highest BCUT2D eigenvalue weighted by Crippen LogP contribution is 2.32. The summed E-state index contributed by atoms with van der Waals surface area (Å²) >= 11 is 1.50. The molecule has 0 bridgehead atoms. The molecule has 4 rings (SSSR count). The number of carbonyl (C=O) groups excluding carboxylic acids is 1. The Bertz CT molecular complexity index is 868. The fraction of sp³-hybridized carbons (Fsp3) is 0.167. The van der Waals surface area contributed by atoms with Gasteiger partial charge in [-0.25, -0.2) is 4.98 Å². The summed E-state index contributed by atoms with van der Waals surface area (Å²) in [5.41, 5.74) is 2.89. The first-order chi connectivity index (χ1) is 11.2. The van der Waals surface area contributed by atoms with Gasteiger partial charge in [-0.15, -0.1) is 0 Å². The van der Waals surface area contributed by atoms with Crippen LogP contribution in [0.15, 0.2) is 59.7 Å². The van der Waals surface area contributed by atoms with E-state index in [0.29, 0.717) is 11.6 Å². The molecule has 5 heteroatoms. The number of para-hydroxylation sites is 1. The highest BCUT2D eigenvalue weighted by atomic mass is 32.1. The van der Waals surface area contributed by atoms with Crippen molar-refractivity contribution in [3.8, 4) is 0 Å². The fourth-order valence-corrected chi connectivity index (χ4v) is 3.70. The molecule has 0 radical (unpaired) electrons. The lowest BCUT2D eigenvalue weighted by molar-refractivity contribution is -0.119. The maximum atomic E-state index is 12.8. The summed E-state index contributed by atoms with van der Waals surface area (Å²) in [5, 5.41) is 6.57. The van der Waals surface area contributed by atoms with E-state index in [9.17, 15) is 4.79 Å². The SMILES string of the molecule is CC1=NN(c2nc3ccccc3s2)C(=O)[C@@H]1Cc1ccccc1. The number of amides is 1. The molecular weight excluding hydrogens is 306 g/mol. The number of nitrogens with zero attached hydrogens (tertiary/aromatic N) is 3. The molecule has 1 amide bonds. The Morgan fingerprint density at radius 1 is 1.09 bits per heavy atom. The summed E-state index contributed by atoms with van der Waals surface area (Å²) in [6.07, 6.45) is 0.677. The van der Waals surface area contributed by atoms with Crippen LogP contribution in [0.1, 0.15) is 12.5 Å². The molecule has 1 atom stereocenters. The third kappa shape index (κ3) is 2.53. The maximum Gasteiger partial charge on any atom is 0.258 e. The van der Waals surface area contributed by atoms with Gasteiger partial charge in [0.2, 0.25) is 5.13 Å². The lowest BCUT2D eigenvalue weighted by atomic mass is 9.95. The summed E-state index contributed by atoms with van der Waals surface area (Å²) in [7, 11) is 0. The molecule has 3 aromatic rings. The van der Waals surface area contributed by atoms with E-state index in [2.05, 4.69) is 10.1 Å². The lowest BCUT2D eigenvalue weighted by Crippen LogP contribution is -2.28. The average molecular weight is 321 g/mol. The molecule has 2 aromatic carbocycles. The second kappa shape index (κ2) is 5.59. The second-order valence-corrected chi connectivity index (χ2v) is 6.61. The van der Waals surface area contributed by atoms with Crippen LogP contribution in [-0.2, 0) is 11.2 Å². The number of benzene rings is 2. The summed E-state index contributed by atoms with van der Waals surface area (Å²) in [6, 6.07) is 17.9. The molecule has 0 fully saturated rings. The third-order valence-electron chi connectivity index (χ3n) is 4.02. The van der Waals surface area contributed by atoms with Crippen LogP contribution in [0, 0.1) is 5.92 Å². The molecule has 1 aliphatic heterocycles. The standard InChI is InChI=1S/C18H15N3OS/c1-12-14(11-13-7-3-2-4-8-13)17(22)21(20-12)18-19-15-9-5-6-10-16(15)23-18/h2-10,14H,11H2,1H3/t14-/m1/s1. The predicted octanol–water partition coefficient (Wildman–Crippen LogP) is 3.88. The highest BCUT2D eigenvalue weighted by Gasteiger charge is 2.35. The number of fused-ring (bicyclic) bond motifs is 1. The molecule has 0 spiro atoms.